The van der Waals surface area contributed by atoms with Gasteiger partial charge in [0.05, 0.1) is 0 Å². The third-order valence-corrected chi connectivity index (χ3v) is 4.65. The van der Waals surface area contributed by atoms with Gasteiger partial charge >= 0.3 is 12.0 Å². The lowest BCUT2D eigenvalue weighted by Gasteiger charge is -2.41. The maximum absolute atomic E-state index is 12.7. The van der Waals surface area contributed by atoms with Crippen LogP contribution >= 0.6 is 0 Å². The highest BCUT2D eigenvalue weighted by Gasteiger charge is 2.31. The van der Waals surface area contributed by atoms with Crippen molar-refractivity contribution >= 4 is 12.0 Å². The van der Waals surface area contributed by atoms with E-state index in [-0.39, 0.29) is 18.5 Å². The molecule has 2 saturated heterocycles. The van der Waals surface area contributed by atoms with E-state index in [0.29, 0.717) is 6.42 Å². The number of amides is 2. The van der Waals surface area contributed by atoms with Gasteiger partial charge in [-0.15, -0.1) is 0 Å². The molecular formula is C15H27N3O3. The Hall–Kier alpha value is -1.30. The normalized spacial score (nSPS) is 24.1. The van der Waals surface area contributed by atoms with Crippen LogP contribution in [0.1, 0.15) is 39.0 Å². The Morgan fingerprint density at radius 1 is 1.10 bits per heavy atom. The van der Waals surface area contributed by atoms with Crippen molar-refractivity contribution in [1.29, 1.82) is 0 Å². The number of hydrogen-bond acceptors (Lipinski definition) is 3. The number of hydrogen-bond donors (Lipinski definition) is 1. The van der Waals surface area contributed by atoms with E-state index in [9.17, 15) is 9.59 Å². The van der Waals surface area contributed by atoms with Crippen LogP contribution in [-0.4, -0.2) is 77.1 Å². The van der Waals surface area contributed by atoms with Crippen molar-refractivity contribution in [3.05, 3.63) is 0 Å². The number of carbonyl (C=O) groups is 2. The molecule has 0 bridgehead atoms. The Morgan fingerprint density at radius 2 is 1.81 bits per heavy atom. The number of rotatable bonds is 4. The summed E-state index contributed by atoms with van der Waals surface area (Å²) in [5, 5.41) is 8.85. The Kier molecular flexibility index (Phi) is 5.85. The first-order valence-electron chi connectivity index (χ1n) is 8.11. The molecule has 21 heavy (non-hydrogen) atoms. The minimum Gasteiger partial charge on any atom is -0.481 e. The second-order valence-electron chi connectivity index (χ2n) is 5.98. The smallest absolute Gasteiger partial charge is 0.320 e. The topological polar surface area (TPSA) is 64.1 Å². The largest absolute Gasteiger partial charge is 0.481 e. The first-order valence-corrected chi connectivity index (χ1v) is 8.11. The van der Waals surface area contributed by atoms with Gasteiger partial charge in [0, 0.05) is 45.2 Å². The number of carbonyl (C=O) groups excluding carboxylic acids is 1. The van der Waals surface area contributed by atoms with Crippen molar-refractivity contribution in [2.75, 3.05) is 39.3 Å². The Balaban J connectivity index is 1.90. The zero-order valence-corrected chi connectivity index (χ0v) is 13.0. The highest BCUT2D eigenvalue weighted by Crippen LogP contribution is 2.22. The van der Waals surface area contributed by atoms with Gasteiger partial charge < -0.3 is 19.8 Å². The van der Waals surface area contributed by atoms with Gasteiger partial charge in [-0.2, -0.15) is 0 Å². The molecule has 0 aromatic rings. The van der Waals surface area contributed by atoms with Gasteiger partial charge in [0.1, 0.15) is 0 Å². The molecule has 0 saturated carbocycles. The molecule has 0 aliphatic carbocycles. The number of aliphatic carboxylic acids is 1. The van der Waals surface area contributed by atoms with Crippen LogP contribution in [-0.2, 0) is 4.79 Å². The molecule has 2 amide bonds. The number of carboxylic acid groups (broad SMARTS) is 1. The SMILES string of the molecule is CCN1CCN(C(=O)N2CCCCC2CCC(=O)O)CC1. The third-order valence-electron chi connectivity index (χ3n) is 4.65. The van der Waals surface area contributed by atoms with Gasteiger partial charge in [0.2, 0.25) is 0 Å². The fourth-order valence-electron chi connectivity index (χ4n) is 3.28. The molecule has 6 heteroatoms. The lowest BCUT2D eigenvalue weighted by Crippen LogP contribution is -2.55. The average Bonchev–Trinajstić information content (AvgIpc) is 2.52. The molecule has 0 aromatic heterocycles. The van der Waals surface area contributed by atoms with E-state index < -0.39 is 5.97 Å². The summed E-state index contributed by atoms with van der Waals surface area (Å²) in [5.41, 5.74) is 0. The van der Waals surface area contributed by atoms with Crippen LogP contribution in [0.25, 0.3) is 0 Å². The van der Waals surface area contributed by atoms with Crippen LogP contribution in [0.2, 0.25) is 0 Å². The van der Waals surface area contributed by atoms with Crippen molar-refractivity contribution in [3.8, 4) is 0 Å². The molecule has 1 atom stereocenters. The predicted octanol–water partition coefficient (Wildman–Crippen LogP) is 1.46. The number of nitrogens with zero attached hydrogens (tertiary/aromatic N) is 3. The molecule has 2 fully saturated rings. The third kappa shape index (κ3) is 4.33. The number of piperazine rings is 1. The molecule has 1 N–H and O–H groups in total. The van der Waals surface area contributed by atoms with Crippen molar-refractivity contribution in [3.63, 3.8) is 0 Å². The molecular weight excluding hydrogens is 270 g/mol. The van der Waals surface area contributed by atoms with Gasteiger partial charge in [-0.3, -0.25) is 4.79 Å². The monoisotopic (exact) mass is 297 g/mol. The maximum Gasteiger partial charge on any atom is 0.320 e. The van der Waals surface area contributed by atoms with E-state index in [4.69, 9.17) is 5.11 Å². The van der Waals surface area contributed by atoms with Gasteiger partial charge in [0.25, 0.3) is 0 Å². The maximum atomic E-state index is 12.7. The molecule has 0 spiro atoms. The van der Waals surface area contributed by atoms with E-state index in [2.05, 4.69) is 11.8 Å². The van der Waals surface area contributed by atoms with Crippen LogP contribution in [0.5, 0.6) is 0 Å². The second kappa shape index (κ2) is 7.64. The second-order valence-corrected chi connectivity index (χ2v) is 5.98. The summed E-state index contributed by atoms with van der Waals surface area (Å²) in [6, 6.07) is 0.215. The summed E-state index contributed by atoms with van der Waals surface area (Å²) in [6.45, 7) is 7.41. The zero-order chi connectivity index (χ0) is 15.2. The molecule has 1 unspecified atom stereocenters. The first kappa shape index (κ1) is 16.1. The van der Waals surface area contributed by atoms with Crippen LogP contribution < -0.4 is 0 Å². The van der Waals surface area contributed by atoms with Crippen molar-refractivity contribution < 1.29 is 14.7 Å². The fourth-order valence-corrected chi connectivity index (χ4v) is 3.28. The van der Waals surface area contributed by atoms with Crippen LogP contribution in [0, 0.1) is 0 Å². The minimum atomic E-state index is -0.774. The van der Waals surface area contributed by atoms with Crippen molar-refractivity contribution in [2.24, 2.45) is 0 Å². The summed E-state index contributed by atoms with van der Waals surface area (Å²) in [7, 11) is 0. The highest BCUT2D eigenvalue weighted by molar-refractivity contribution is 5.75. The Morgan fingerprint density at radius 3 is 2.43 bits per heavy atom. The Labute approximate surface area is 126 Å². The number of carboxylic acids is 1. The summed E-state index contributed by atoms with van der Waals surface area (Å²) in [4.78, 5) is 29.7. The quantitative estimate of drug-likeness (QED) is 0.853. The minimum absolute atomic E-state index is 0.103. The van der Waals surface area contributed by atoms with Crippen LogP contribution in [0.15, 0.2) is 0 Å². The number of piperidine rings is 1. The fraction of sp³-hybridized carbons (Fsp3) is 0.867. The molecule has 2 heterocycles. The van der Waals surface area contributed by atoms with Crippen LogP contribution in [0.4, 0.5) is 4.79 Å². The molecule has 2 rings (SSSR count). The number of likely N-dealkylation sites (N-methyl/N-ethyl adjacent to an activating group) is 1. The standard InChI is InChI=1S/C15H27N3O3/c1-2-16-9-11-17(12-10-16)15(21)18-8-4-3-5-13(18)6-7-14(19)20/h13H,2-12H2,1H3,(H,19,20). The van der Waals surface area contributed by atoms with Gasteiger partial charge in [-0.05, 0) is 32.2 Å². The molecule has 2 aliphatic rings. The summed E-state index contributed by atoms with van der Waals surface area (Å²) in [6.07, 6.45) is 3.80. The Bertz CT molecular complexity index is 367. The van der Waals surface area contributed by atoms with Gasteiger partial charge in [-0.25, -0.2) is 4.79 Å². The van der Waals surface area contributed by atoms with Crippen molar-refractivity contribution in [1.82, 2.24) is 14.7 Å². The molecule has 120 valence electrons. The molecule has 2 aliphatic heterocycles. The number of urea groups is 1. The van der Waals surface area contributed by atoms with Crippen LogP contribution in [0.3, 0.4) is 0 Å². The first-order chi connectivity index (χ1) is 10.1. The van der Waals surface area contributed by atoms with Crippen molar-refractivity contribution in [2.45, 2.75) is 45.1 Å². The zero-order valence-electron chi connectivity index (χ0n) is 13.0. The van der Waals surface area contributed by atoms with E-state index in [1.54, 1.807) is 0 Å². The average molecular weight is 297 g/mol. The predicted molar refractivity (Wildman–Crippen MR) is 80.3 cm³/mol. The van der Waals surface area contributed by atoms with E-state index in [0.717, 1.165) is 58.5 Å². The number of likely N-dealkylation sites (tertiary alicyclic amines) is 1. The van der Waals surface area contributed by atoms with E-state index in [1.165, 1.54) is 0 Å². The van der Waals surface area contributed by atoms with Gasteiger partial charge in [-0.1, -0.05) is 6.92 Å². The molecule has 0 radical (unpaired) electrons. The van der Waals surface area contributed by atoms with E-state index in [1.807, 2.05) is 9.80 Å². The summed E-state index contributed by atoms with van der Waals surface area (Å²) >= 11 is 0. The lowest BCUT2D eigenvalue weighted by atomic mass is 9.98. The van der Waals surface area contributed by atoms with Gasteiger partial charge in [0.15, 0.2) is 0 Å². The lowest BCUT2D eigenvalue weighted by molar-refractivity contribution is -0.137. The molecule has 6 nitrogen and oxygen atoms in total. The summed E-state index contributed by atoms with van der Waals surface area (Å²) in [5.74, 6) is -0.774. The van der Waals surface area contributed by atoms with E-state index >= 15 is 0 Å². The molecule has 0 aromatic carbocycles. The highest BCUT2D eigenvalue weighted by atomic mass is 16.4. The summed E-state index contributed by atoms with van der Waals surface area (Å²) < 4.78 is 0.